The predicted octanol–water partition coefficient (Wildman–Crippen LogP) is 3.71. The molecule has 0 spiro atoms. The molecule has 28 heavy (non-hydrogen) atoms. The fourth-order valence-electron chi connectivity index (χ4n) is 3.76. The maximum Gasteiger partial charge on any atom is 0.184 e. The molecule has 0 atom stereocenters. The Balaban J connectivity index is 1.77. The van der Waals surface area contributed by atoms with Gasteiger partial charge in [0.2, 0.25) is 0 Å². The average molecular weight is 377 g/mol. The Morgan fingerprint density at radius 1 is 1.00 bits per heavy atom. The van der Waals surface area contributed by atoms with Gasteiger partial charge in [0.15, 0.2) is 5.65 Å². The van der Waals surface area contributed by atoms with Gasteiger partial charge in [-0.05, 0) is 58.6 Å². The van der Waals surface area contributed by atoms with Crippen LogP contribution in [0.25, 0.3) is 16.7 Å². The zero-order chi connectivity index (χ0) is 19.7. The van der Waals surface area contributed by atoms with E-state index in [2.05, 4.69) is 92.9 Å². The lowest BCUT2D eigenvalue weighted by atomic mass is 10.2. The van der Waals surface area contributed by atoms with Crippen LogP contribution in [0.3, 0.4) is 0 Å². The molecular formula is C22H28N6. The molecule has 0 amide bonds. The molecule has 0 aliphatic heterocycles. The summed E-state index contributed by atoms with van der Waals surface area (Å²) in [6, 6.07) is 15.1. The van der Waals surface area contributed by atoms with Gasteiger partial charge < -0.3 is 14.8 Å². The van der Waals surface area contributed by atoms with Crippen LogP contribution in [0.5, 0.6) is 0 Å². The number of fused-ring (bicyclic) bond motifs is 3. The highest BCUT2D eigenvalue weighted by Gasteiger charge is 2.16. The van der Waals surface area contributed by atoms with Crippen LogP contribution < -0.4 is 5.32 Å². The van der Waals surface area contributed by atoms with E-state index in [-0.39, 0.29) is 0 Å². The number of nitrogens with zero attached hydrogens (tertiary/aromatic N) is 5. The van der Waals surface area contributed by atoms with E-state index in [0.717, 1.165) is 48.7 Å². The normalized spacial score (nSPS) is 11.8. The first kappa shape index (κ1) is 18.5. The van der Waals surface area contributed by atoms with E-state index in [0.29, 0.717) is 0 Å². The van der Waals surface area contributed by atoms with Crippen molar-refractivity contribution in [2.75, 3.05) is 32.5 Å². The first-order valence-corrected chi connectivity index (χ1v) is 9.81. The third kappa shape index (κ3) is 3.47. The van der Waals surface area contributed by atoms with E-state index >= 15 is 0 Å². The Bertz CT molecular complexity index is 1090. The molecule has 146 valence electrons. The van der Waals surface area contributed by atoms with Gasteiger partial charge in [-0.15, -0.1) is 10.2 Å². The van der Waals surface area contributed by atoms with Gasteiger partial charge in [-0.1, -0.05) is 30.3 Å². The van der Waals surface area contributed by atoms with Crippen molar-refractivity contribution < 1.29 is 0 Å². The molecule has 6 nitrogen and oxygen atoms in total. The van der Waals surface area contributed by atoms with E-state index < -0.39 is 0 Å². The van der Waals surface area contributed by atoms with Crippen LogP contribution in [0.2, 0.25) is 0 Å². The van der Waals surface area contributed by atoms with Gasteiger partial charge in [-0.2, -0.15) is 0 Å². The Hall–Kier alpha value is -2.86. The fourth-order valence-corrected chi connectivity index (χ4v) is 3.76. The monoisotopic (exact) mass is 376 g/mol. The molecule has 0 aliphatic rings. The van der Waals surface area contributed by atoms with E-state index in [1.54, 1.807) is 0 Å². The third-order valence-corrected chi connectivity index (χ3v) is 5.19. The average Bonchev–Trinajstić information content (AvgIpc) is 3.20. The van der Waals surface area contributed by atoms with Crippen molar-refractivity contribution in [1.29, 1.82) is 0 Å². The van der Waals surface area contributed by atoms with Crippen molar-refractivity contribution in [3.63, 3.8) is 0 Å². The summed E-state index contributed by atoms with van der Waals surface area (Å²) in [5.74, 6) is 0.911. The van der Waals surface area contributed by atoms with Crippen LogP contribution in [0.15, 0.2) is 42.5 Å². The van der Waals surface area contributed by atoms with Crippen molar-refractivity contribution in [2.45, 2.75) is 26.8 Å². The summed E-state index contributed by atoms with van der Waals surface area (Å²) in [5.41, 5.74) is 6.82. The van der Waals surface area contributed by atoms with Gasteiger partial charge in [0.1, 0.15) is 5.82 Å². The summed E-state index contributed by atoms with van der Waals surface area (Å²) < 4.78 is 4.53. The summed E-state index contributed by atoms with van der Waals surface area (Å²) in [5, 5.41) is 12.4. The van der Waals surface area contributed by atoms with Crippen LogP contribution in [0.4, 0.5) is 5.69 Å². The first-order chi connectivity index (χ1) is 13.5. The van der Waals surface area contributed by atoms with Crippen molar-refractivity contribution in [2.24, 2.45) is 0 Å². The molecule has 0 saturated heterocycles. The second-order valence-corrected chi connectivity index (χ2v) is 7.68. The number of aryl methyl sites for hydroxylation is 2. The van der Waals surface area contributed by atoms with Gasteiger partial charge >= 0.3 is 0 Å². The van der Waals surface area contributed by atoms with Gasteiger partial charge in [0.25, 0.3) is 0 Å². The van der Waals surface area contributed by atoms with Gasteiger partial charge in [0.05, 0.1) is 16.7 Å². The predicted molar refractivity (Wildman–Crippen MR) is 115 cm³/mol. The van der Waals surface area contributed by atoms with E-state index in [9.17, 15) is 0 Å². The minimum atomic E-state index is 0.850. The minimum Gasteiger partial charge on any atom is -0.382 e. The topological polar surface area (TPSA) is 50.4 Å². The molecule has 0 radical (unpaired) electrons. The van der Waals surface area contributed by atoms with Crippen LogP contribution in [0.1, 0.15) is 23.5 Å². The highest BCUT2D eigenvalue weighted by atomic mass is 15.3. The Morgan fingerprint density at radius 2 is 1.79 bits per heavy atom. The van der Waals surface area contributed by atoms with Crippen molar-refractivity contribution in [3.8, 4) is 0 Å². The van der Waals surface area contributed by atoms with E-state index in [1.165, 1.54) is 16.8 Å². The summed E-state index contributed by atoms with van der Waals surface area (Å²) in [4.78, 5) is 2.20. The number of hydrogen-bond donors (Lipinski definition) is 1. The smallest absolute Gasteiger partial charge is 0.184 e. The lowest BCUT2D eigenvalue weighted by Gasteiger charge is -2.13. The molecule has 0 aliphatic carbocycles. The van der Waals surface area contributed by atoms with E-state index in [4.69, 9.17) is 0 Å². The molecule has 6 heteroatoms. The maximum absolute atomic E-state index is 4.44. The summed E-state index contributed by atoms with van der Waals surface area (Å²) in [7, 11) is 4.21. The Morgan fingerprint density at radius 3 is 2.54 bits per heavy atom. The van der Waals surface area contributed by atoms with Crippen molar-refractivity contribution in [3.05, 3.63) is 59.5 Å². The van der Waals surface area contributed by atoms with Crippen LogP contribution in [-0.4, -0.2) is 51.2 Å². The Kier molecular flexibility index (Phi) is 5.05. The minimum absolute atomic E-state index is 0.850. The molecule has 0 unspecified atom stereocenters. The quantitative estimate of drug-likeness (QED) is 0.500. The van der Waals surface area contributed by atoms with Crippen LogP contribution in [0, 0.1) is 13.8 Å². The first-order valence-electron chi connectivity index (χ1n) is 9.81. The van der Waals surface area contributed by atoms with Crippen LogP contribution >= 0.6 is 0 Å². The lowest BCUT2D eigenvalue weighted by molar-refractivity contribution is 0.405. The SMILES string of the molecule is Cc1cc2c(cc(NCCCN(C)C)c3nnc(C)n32)n1Cc1ccccc1. The summed E-state index contributed by atoms with van der Waals surface area (Å²) in [6.45, 7) is 6.99. The maximum atomic E-state index is 4.44. The van der Waals surface area contributed by atoms with Crippen LogP contribution in [-0.2, 0) is 6.54 Å². The largest absolute Gasteiger partial charge is 0.382 e. The number of rotatable bonds is 7. The zero-order valence-electron chi connectivity index (χ0n) is 17.1. The molecule has 0 fully saturated rings. The number of hydrogen-bond acceptors (Lipinski definition) is 4. The molecule has 3 aromatic heterocycles. The van der Waals surface area contributed by atoms with Crippen molar-refractivity contribution in [1.82, 2.24) is 24.1 Å². The summed E-state index contributed by atoms with van der Waals surface area (Å²) >= 11 is 0. The molecule has 0 saturated carbocycles. The molecule has 1 N–H and O–H groups in total. The second-order valence-electron chi connectivity index (χ2n) is 7.68. The molecule has 1 aromatic carbocycles. The highest BCUT2D eigenvalue weighted by Crippen LogP contribution is 2.28. The van der Waals surface area contributed by atoms with Gasteiger partial charge in [-0.25, -0.2) is 0 Å². The van der Waals surface area contributed by atoms with E-state index in [1.807, 2.05) is 6.92 Å². The molecule has 4 rings (SSSR count). The second kappa shape index (κ2) is 7.64. The number of aromatic nitrogens is 4. The third-order valence-electron chi connectivity index (χ3n) is 5.19. The molecule has 4 aromatic rings. The zero-order valence-corrected chi connectivity index (χ0v) is 17.1. The summed E-state index contributed by atoms with van der Waals surface area (Å²) in [6.07, 6.45) is 1.08. The van der Waals surface area contributed by atoms with Gasteiger partial charge in [0, 0.05) is 18.8 Å². The number of benzene rings is 1. The Labute approximate surface area is 165 Å². The standard InChI is InChI=1S/C22H28N6/c1-16-13-21-20(27(16)15-18-9-6-5-7-10-18)14-19(23-11-8-12-26(3)4)22-25-24-17(2)28(21)22/h5-7,9-10,13-14,23H,8,11-12,15H2,1-4H3. The van der Waals surface area contributed by atoms with Crippen molar-refractivity contribution >= 4 is 22.4 Å². The fraction of sp³-hybridized carbons (Fsp3) is 0.364. The number of anilines is 1. The highest BCUT2D eigenvalue weighted by molar-refractivity contribution is 5.88. The number of nitrogens with one attached hydrogen (secondary N) is 1. The lowest BCUT2D eigenvalue weighted by Crippen LogP contribution is -2.16. The van der Waals surface area contributed by atoms with Gasteiger partial charge in [-0.3, -0.25) is 4.40 Å². The molecule has 3 heterocycles. The number of pyridine rings is 1. The molecule has 0 bridgehead atoms. The molecular weight excluding hydrogens is 348 g/mol.